The molecule has 6 nitrogen and oxygen atoms in total. The molecular weight excluding hydrogens is 819 g/mol. The zero-order chi connectivity index (χ0) is 44.0. The molecule has 10 aromatic carbocycles. The maximum absolute atomic E-state index is 6.91. The summed E-state index contributed by atoms with van der Waals surface area (Å²) in [5.41, 5.74) is 13.0. The molecule has 4 aromatic heterocycles. The minimum Gasteiger partial charge on any atom is -0.456 e. The Labute approximate surface area is 384 Å². The first-order valence-electron chi connectivity index (χ1n) is 22.6. The molecule has 67 heavy (non-hydrogen) atoms. The number of hydrogen-bond donors (Lipinski definition) is 0. The summed E-state index contributed by atoms with van der Waals surface area (Å²) >= 11 is 0. The topological polar surface area (TPSA) is 61.7 Å². The van der Waals surface area contributed by atoms with E-state index < -0.39 is 0 Å². The molecule has 0 N–H and O–H groups in total. The SMILES string of the molecule is c1ccc(-c2nc(-c3ccc4c5ccccc5n(-c5ccccc5)c4c3)nc(-c3cccc4oc5cc(-n6c7ccccc7c7cc8ccccc8cc76)c(-c6ccccc6)cc5c34)n2)cc1. The molecule has 0 aliphatic carbocycles. The second-order valence-electron chi connectivity index (χ2n) is 17.2. The predicted molar refractivity (Wildman–Crippen MR) is 275 cm³/mol. The van der Waals surface area contributed by atoms with Crippen LogP contribution in [0.2, 0.25) is 0 Å². The molecule has 0 fully saturated rings. The van der Waals surface area contributed by atoms with Gasteiger partial charge in [-0.15, -0.1) is 0 Å². The van der Waals surface area contributed by atoms with Crippen LogP contribution in [0.15, 0.2) is 229 Å². The Balaban J connectivity index is 1.02. The number of rotatable bonds is 6. The summed E-state index contributed by atoms with van der Waals surface area (Å²) in [7, 11) is 0. The fourth-order valence-electron chi connectivity index (χ4n) is 10.3. The van der Waals surface area contributed by atoms with Gasteiger partial charge in [-0.1, -0.05) is 164 Å². The summed E-state index contributed by atoms with van der Waals surface area (Å²) in [4.78, 5) is 15.8. The van der Waals surface area contributed by atoms with Gasteiger partial charge >= 0.3 is 0 Å². The zero-order valence-electron chi connectivity index (χ0n) is 36.0. The van der Waals surface area contributed by atoms with Crippen molar-refractivity contribution in [3.05, 3.63) is 224 Å². The number of furan rings is 1. The molecular formula is C61H37N5O. The van der Waals surface area contributed by atoms with Gasteiger partial charge in [-0.25, -0.2) is 15.0 Å². The summed E-state index contributed by atoms with van der Waals surface area (Å²) in [6.45, 7) is 0. The van der Waals surface area contributed by atoms with Crippen LogP contribution in [0.5, 0.6) is 0 Å². The van der Waals surface area contributed by atoms with E-state index in [4.69, 9.17) is 19.4 Å². The van der Waals surface area contributed by atoms with E-state index in [0.717, 1.165) is 83.2 Å². The van der Waals surface area contributed by atoms with E-state index >= 15 is 0 Å². The smallest absolute Gasteiger partial charge is 0.164 e. The van der Waals surface area contributed by atoms with Crippen molar-refractivity contribution in [2.24, 2.45) is 0 Å². The molecule has 0 aliphatic rings. The number of aromatic nitrogens is 5. The highest BCUT2D eigenvalue weighted by Gasteiger charge is 2.23. The van der Waals surface area contributed by atoms with Crippen molar-refractivity contribution in [1.82, 2.24) is 24.1 Å². The van der Waals surface area contributed by atoms with Crippen LogP contribution in [-0.4, -0.2) is 24.1 Å². The van der Waals surface area contributed by atoms with Crippen molar-refractivity contribution in [3.8, 4) is 56.7 Å². The average Bonchev–Trinajstić information content (AvgIpc) is 4.05. The van der Waals surface area contributed by atoms with Gasteiger partial charge in [0.1, 0.15) is 11.2 Å². The second kappa shape index (κ2) is 14.7. The first-order chi connectivity index (χ1) is 33.2. The van der Waals surface area contributed by atoms with E-state index in [1.54, 1.807) is 0 Å². The van der Waals surface area contributed by atoms with E-state index in [1.807, 2.05) is 30.3 Å². The van der Waals surface area contributed by atoms with Crippen molar-refractivity contribution < 1.29 is 4.42 Å². The third-order valence-corrected chi connectivity index (χ3v) is 13.3. The normalized spacial score (nSPS) is 11.9. The number of benzene rings is 10. The quantitative estimate of drug-likeness (QED) is 0.167. The molecule has 14 aromatic rings. The van der Waals surface area contributed by atoms with Crippen LogP contribution in [0.3, 0.4) is 0 Å². The highest BCUT2D eigenvalue weighted by Crippen LogP contribution is 2.44. The summed E-state index contributed by atoms with van der Waals surface area (Å²) in [6, 6.07) is 79.1. The molecule has 0 bridgehead atoms. The number of hydrogen-bond acceptors (Lipinski definition) is 4. The maximum atomic E-state index is 6.91. The Morgan fingerprint density at radius 1 is 0.313 bits per heavy atom. The standard InChI is InChI=1S/C61H37N5O/c1-4-17-38(18-5-1)48-36-50-57(37-55(48)66-52-29-15-13-26-45(52)49-33-40-21-10-11-22-41(40)34-54(49)66)67-56-30-16-27-47(58(50)56)61-63-59(39-19-6-2-7-20-39)62-60(64-61)42-31-32-46-44-25-12-14-28-51(44)65(53(46)35-42)43-23-8-3-9-24-43/h1-37H. The average molecular weight is 856 g/mol. The third-order valence-electron chi connectivity index (χ3n) is 13.3. The summed E-state index contributed by atoms with van der Waals surface area (Å²) < 4.78 is 11.6. The van der Waals surface area contributed by atoms with Gasteiger partial charge in [0, 0.05) is 66.3 Å². The molecule has 0 spiro atoms. The van der Waals surface area contributed by atoms with Crippen molar-refractivity contribution in [2.75, 3.05) is 0 Å². The van der Waals surface area contributed by atoms with Crippen LogP contribution in [-0.2, 0) is 0 Å². The minimum atomic E-state index is 0.570. The lowest BCUT2D eigenvalue weighted by atomic mass is 9.98. The zero-order valence-corrected chi connectivity index (χ0v) is 36.0. The molecule has 0 radical (unpaired) electrons. The minimum absolute atomic E-state index is 0.570. The lowest BCUT2D eigenvalue weighted by molar-refractivity contribution is 0.668. The van der Waals surface area contributed by atoms with Crippen molar-refractivity contribution >= 4 is 76.3 Å². The molecule has 0 saturated heterocycles. The second-order valence-corrected chi connectivity index (χ2v) is 17.2. The Bertz CT molecular complexity index is 4260. The van der Waals surface area contributed by atoms with Crippen LogP contribution in [0.25, 0.3) is 133 Å². The summed E-state index contributed by atoms with van der Waals surface area (Å²) in [6.07, 6.45) is 0. The lowest BCUT2D eigenvalue weighted by Crippen LogP contribution is -2.01. The Morgan fingerprint density at radius 3 is 1.66 bits per heavy atom. The van der Waals surface area contributed by atoms with Gasteiger partial charge in [-0.3, -0.25) is 0 Å². The van der Waals surface area contributed by atoms with E-state index in [9.17, 15) is 0 Å². The first kappa shape index (κ1) is 37.3. The molecule has 4 heterocycles. The Morgan fingerprint density at radius 2 is 0.896 bits per heavy atom. The fraction of sp³-hybridized carbons (Fsp3) is 0. The molecule has 14 rings (SSSR count). The summed E-state index contributed by atoms with van der Waals surface area (Å²) in [5.74, 6) is 1.76. The largest absolute Gasteiger partial charge is 0.456 e. The van der Waals surface area contributed by atoms with Gasteiger partial charge in [0.2, 0.25) is 0 Å². The van der Waals surface area contributed by atoms with Gasteiger partial charge in [-0.2, -0.15) is 0 Å². The van der Waals surface area contributed by atoms with Crippen LogP contribution in [0, 0.1) is 0 Å². The highest BCUT2D eigenvalue weighted by atomic mass is 16.3. The molecule has 0 aliphatic heterocycles. The Kier molecular flexibility index (Phi) is 8.18. The van der Waals surface area contributed by atoms with Gasteiger partial charge in [0.05, 0.1) is 27.8 Å². The highest BCUT2D eigenvalue weighted by molar-refractivity contribution is 6.17. The van der Waals surface area contributed by atoms with Crippen LogP contribution in [0.1, 0.15) is 0 Å². The van der Waals surface area contributed by atoms with Crippen LogP contribution >= 0.6 is 0 Å². The van der Waals surface area contributed by atoms with Gasteiger partial charge in [0.15, 0.2) is 17.5 Å². The van der Waals surface area contributed by atoms with E-state index in [2.05, 4.69) is 203 Å². The third kappa shape index (κ3) is 5.86. The predicted octanol–water partition coefficient (Wildman–Crippen LogP) is 15.8. The maximum Gasteiger partial charge on any atom is 0.164 e. The number of fused-ring (bicyclic) bond motifs is 10. The summed E-state index contributed by atoms with van der Waals surface area (Å²) in [5, 5.41) is 9.11. The molecule has 0 amide bonds. The first-order valence-corrected chi connectivity index (χ1v) is 22.6. The number of nitrogens with zero attached hydrogens (tertiary/aromatic N) is 5. The lowest BCUT2D eigenvalue weighted by Gasteiger charge is -2.15. The van der Waals surface area contributed by atoms with Gasteiger partial charge in [-0.05, 0) is 70.9 Å². The van der Waals surface area contributed by atoms with Crippen molar-refractivity contribution in [1.29, 1.82) is 0 Å². The van der Waals surface area contributed by atoms with Crippen molar-refractivity contribution in [3.63, 3.8) is 0 Å². The van der Waals surface area contributed by atoms with Crippen LogP contribution in [0.4, 0.5) is 0 Å². The van der Waals surface area contributed by atoms with E-state index in [-0.39, 0.29) is 0 Å². The monoisotopic (exact) mass is 855 g/mol. The molecule has 0 unspecified atom stereocenters. The molecule has 0 saturated carbocycles. The number of para-hydroxylation sites is 3. The fourth-order valence-corrected chi connectivity index (χ4v) is 10.3. The Hall–Kier alpha value is -9.13. The molecule has 6 heteroatoms. The molecule has 0 atom stereocenters. The molecule has 312 valence electrons. The van der Waals surface area contributed by atoms with Crippen molar-refractivity contribution in [2.45, 2.75) is 0 Å². The van der Waals surface area contributed by atoms with E-state index in [1.165, 1.54) is 32.3 Å². The van der Waals surface area contributed by atoms with E-state index in [0.29, 0.717) is 17.5 Å². The van der Waals surface area contributed by atoms with Crippen LogP contribution < -0.4 is 0 Å². The van der Waals surface area contributed by atoms with Gasteiger partial charge < -0.3 is 13.6 Å². The van der Waals surface area contributed by atoms with Gasteiger partial charge in [0.25, 0.3) is 0 Å².